The van der Waals surface area contributed by atoms with Crippen LogP contribution in [0.2, 0.25) is 0 Å². The number of halogens is 1. The molecule has 2 aliphatic rings. The van der Waals surface area contributed by atoms with Gasteiger partial charge in [0.2, 0.25) is 0 Å². The van der Waals surface area contributed by atoms with Crippen LogP contribution >= 0.6 is 15.9 Å². The van der Waals surface area contributed by atoms with E-state index < -0.39 is 0 Å². The molecule has 1 unspecified atom stereocenters. The Balaban J connectivity index is 1.60. The van der Waals surface area contributed by atoms with Crippen molar-refractivity contribution >= 4 is 27.8 Å². The molecule has 5 nitrogen and oxygen atoms in total. The smallest absolute Gasteiger partial charge is 0.173 e. The maximum absolute atomic E-state index is 13.1. The number of nitrogens with zero attached hydrogens (tertiary/aromatic N) is 3. The van der Waals surface area contributed by atoms with Gasteiger partial charge in [0.1, 0.15) is 17.3 Å². The van der Waals surface area contributed by atoms with Gasteiger partial charge in [-0.15, -0.1) is 10.2 Å². The molecular weight excluding hydrogens is 418 g/mol. The van der Waals surface area contributed by atoms with E-state index in [0.717, 1.165) is 29.1 Å². The summed E-state index contributed by atoms with van der Waals surface area (Å²) in [5.74, 6) is 2.85. The lowest BCUT2D eigenvalue weighted by Crippen LogP contribution is -2.14. The molecule has 0 bridgehead atoms. The van der Waals surface area contributed by atoms with Crippen LogP contribution in [-0.2, 0) is 6.54 Å². The molecule has 1 aliphatic carbocycles. The number of allylic oxidation sites excluding steroid dienone is 6. The molecular formula is C22H20BrN3O2. The monoisotopic (exact) mass is 437 g/mol. The highest BCUT2D eigenvalue weighted by Gasteiger charge is 2.22. The first kappa shape index (κ1) is 18.6. The van der Waals surface area contributed by atoms with Crippen molar-refractivity contribution in [3.05, 3.63) is 82.1 Å². The number of benzene rings is 1. The number of hydrogen-bond donors (Lipinski definition) is 0. The summed E-state index contributed by atoms with van der Waals surface area (Å²) >= 11 is 3.47. The molecule has 1 aromatic heterocycles. The third-order valence-electron chi connectivity index (χ3n) is 4.81. The van der Waals surface area contributed by atoms with Gasteiger partial charge in [0.25, 0.3) is 0 Å². The zero-order valence-corrected chi connectivity index (χ0v) is 17.1. The van der Waals surface area contributed by atoms with Gasteiger partial charge in [-0.25, -0.2) is 0 Å². The number of aryl methyl sites for hydroxylation is 1. The Bertz CT molecular complexity index is 1030. The van der Waals surface area contributed by atoms with E-state index in [-0.39, 0.29) is 11.7 Å². The van der Waals surface area contributed by atoms with E-state index in [9.17, 15) is 4.79 Å². The molecule has 2 heterocycles. The number of fused-ring (bicyclic) bond motifs is 1. The van der Waals surface area contributed by atoms with Crippen LogP contribution in [0.25, 0.3) is 6.08 Å². The van der Waals surface area contributed by atoms with E-state index in [1.807, 2.05) is 67.7 Å². The van der Waals surface area contributed by atoms with Crippen molar-refractivity contribution in [1.29, 1.82) is 0 Å². The number of Topliss-reactive ketones (excluding diaryl/α,β-unsaturated/α-hetero) is 1. The Morgan fingerprint density at radius 2 is 2.14 bits per heavy atom. The third kappa shape index (κ3) is 3.92. The van der Waals surface area contributed by atoms with Crippen molar-refractivity contribution in [3.8, 4) is 5.75 Å². The summed E-state index contributed by atoms with van der Waals surface area (Å²) in [5.41, 5.74) is 0.578. The molecule has 2 aromatic rings. The molecule has 0 saturated carbocycles. The van der Waals surface area contributed by atoms with Gasteiger partial charge in [0.05, 0.1) is 5.56 Å². The van der Waals surface area contributed by atoms with E-state index in [4.69, 9.17) is 4.74 Å². The maximum atomic E-state index is 13.1. The van der Waals surface area contributed by atoms with Gasteiger partial charge >= 0.3 is 0 Å². The maximum Gasteiger partial charge on any atom is 0.173 e. The van der Waals surface area contributed by atoms with Crippen molar-refractivity contribution in [2.24, 2.45) is 5.92 Å². The van der Waals surface area contributed by atoms with E-state index in [1.165, 1.54) is 0 Å². The Hall–Kier alpha value is -2.73. The molecule has 0 spiro atoms. The van der Waals surface area contributed by atoms with Crippen molar-refractivity contribution in [2.75, 3.05) is 0 Å². The van der Waals surface area contributed by atoms with Crippen LogP contribution in [-0.4, -0.2) is 20.5 Å². The minimum absolute atomic E-state index is 0.0580. The van der Waals surface area contributed by atoms with Gasteiger partial charge in [-0.2, -0.15) is 0 Å². The van der Waals surface area contributed by atoms with Crippen LogP contribution in [0.1, 0.15) is 34.8 Å². The molecule has 0 saturated heterocycles. The number of ketones is 1. The molecule has 0 N–H and O–H groups in total. The molecule has 1 aromatic carbocycles. The molecule has 142 valence electrons. The lowest BCUT2D eigenvalue weighted by atomic mass is 9.91. The topological polar surface area (TPSA) is 57.0 Å². The highest BCUT2D eigenvalue weighted by molar-refractivity contribution is 9.10. The standard InChI is InChI=1S/C22H20BrN3O2/c1-15-24-25-21-12-10-18(8-5-13-26(15)21)28-20-11-9-17(23)14-19(20)22(27)16-6-3-2-4-7-16/h2-4,6,8-12,14,16H,5,7,13H2,1H3/b12-10-,18-8+. The second-order valence-corrected chi connectivity index (χ2v) is 7.66. The molecule has 0 radical (unpaired) electrons. The zero-order chi connectivity index (χ0) is 19.5. The Morgan fingerprint density at radius 1 is 1.25 bits per heavy atom. The summed E-state index contributed by atoms with van der Waals surface area (Å²) in [6.45, 7) is 2.73. The van der Waals surface area contributed by atoms with Crippen LogP contribution in [0.3, 0.4) is 0 Å². The van der Waals surface area contributed by atoms with Gasteiger partial charge in [0.15, 0.2) is 11.6 Å². The summed E-state index contributed by atoms with van der Waals surface area (Å²) in [6.07, 6.45) is 15.1. The number of carbonyl (C=O) groups is 1. The van der Waals surface area contributed by atoms with Crippen molar-refractivity contribution < 1.29 is 9.53 Å². The number of carbonyl (C=O) groups excluding carboxylic acids is 1. The third-order valence-corrected chi connectivity index (χ3v) is 5.30. The fourth-order valence-electron chi connectivity index (χ4n) is 3.32. The minimum atomic E-state index is -0.162. The lowest BCUT2D eigenvalue weighted by Gasteiger charge is -2.17. The molecule has 1 aliphatic heterocycles. The summed E-state index contributed by atoms with van der Waals surface area (Å²) in [5, 5.41) is 8.31. The van der Waals surface area contributed by atoms with Gasteiger partial charge in [-0.3, -0.25) is 4.79 Å². The number of aromatic nitrogens is 3. The Labute approximate surface area is 172 Å². The molecule has 4 rings (SSSR count). The van der Waals surface area contributed by atoms with Gasteiger partial charge in [-0.1, -0.05) is 40.2 Å². The molecule has 6 heteroatoms. The van der Waals surface area contributed by atoms with Crippen LogP contribution in [0.5, 0.6) is 5.75 Å². The van der Waals surface area contributed by atoms with Crippen LogP contribution in [0, 0.1) is 12.8 Å². The molecule has 28 heavy (non-hydrogen) atoms. The summed E-state index contributed by atoms with van der Waals surface area (Å²) in [7, 11) is 0. The van der Waals surface area contributed by atoms with Crippen LogP contribution < -0.4 is 4.74 Å². The predicted molar refractivity (Wildman–Crippen MR) is 112 cm³/mol. The van der Waals surface area contributed by atoms with E-state index in [2.05, 4.69) is 30.7 Å². The quantitative estimate of drug-likeness (QED) is 0.628. The minimum Gasteiger partial charge on any atom is -0.457 e. The van der Waals surface area contributed by atoms with Crippen LogP contribution in [0.15, 0.2) is 64.9 Å². The average Bonchev–Trinajstić information content (AvgIpc) is 3.04. The highest BCUT2D eigenvalue weighted by Crippen LogP contribution is 2.30. The number of hydrogen-bond acceptors (Lipinski definition) is 4. The zero-order valence-electron chi connectivity index (χ0n) is 15.5. The fourth-order valence-corrected chi connectivity index (χ4v) is 3.68. The highest BCUT2D eigenvalue weighted by atomic mass is 79.9. The predicted octanol–water partition coefficient (Wildman–Crippen LogP) is 5.04. The van der Waals surface area contributed by atoms with E-state index in [1.54, 1.807) is 0 Å². The second-order valence-electron chi connectivity index (χ2n) is 6.75. The summed E-state index contributed by atoms with van der Waals surface area (Å²) in [4.78, 5) is 13.1. The number of ether oxygens (including phenoxy) is 1. The van der Waals surface area contributed by atoms with Gasteiger partial charge in [-0.05, 0) is 56.2 Å². The molecule has 0 fully saturated rings. The van der Waals surface area contributed by atoms with Crippen molar-refractivity contribution in [1.82, 2.24) is 14.8 Å². The van der Waals surface area contributed by atoms with Crippen molar-refractivity contribution in [3.63, 3.8) is 0 Å². The summed E-state index contributed by atoms with van der Waals surface area (Å²) in [6, 6.07) is 5.55. The molecule has 0 amide bonds. The van der Waals surface area contributed by atoms with Gasteiger partial charge < -0.3 is 9.30 Å². The SMILES string of the molecule is Cc1nnc2n1CC/C=C(Oc1ccc(Br)cc1C(=O)C1C=CC=CC1)\C=C/2. The first-order chi connectivity index (χ1) is 13.6. The normalized spacial score (nSPS) is 21.2. The second kappa shape index (κ2) is 8.10. The summed E-state index contributed by atoms with van der Waals surface area (Å²) < 4.78 is 9.07. The van der Waals surface area contributed by atoms with Crippen molar-refractivity contribution in [2.45, 2.75) is 26.3 Å². The first-order valence-electron chi connectivity index (χ1n) is 9.25. The van der Waals surface area contributed by atoms with Gasteiger partial charge in [0, 0.05) is 16.9 Å². The Kier molecular flexibility index (Phi) is 5.39. The van der Waals surface area contributed by atoms with E-state index in [0.29, 0.717) is 23.5 Å². The fraction of sp³-hybridized carbons (Fsp3) is 0.227. The Morgan fingerprint density at radius 3 is 2.96 bits per heavy atom. The lowest BCUT2D eigenvalue weighted by molar-refractivity contribution is 0.0943. The molecule has 1 atom stereocenters. The van der Waals surface area contributed by atoms with Crippen LogP contribution in [0.4, 0.5) is 0 Å². The number of rotatable bonds is 4. The first-order valence-corrected chi connectivity index (χ1v) is 10.0. The average molecular weight is 438 g/mol. The van der Waals surface area contributed by atoms with E-state index >= 15 is 0 Å². The largest absolute Gasteiger partial charge is 0.457 e.